The Morgan fingerprint density at radius 3 is 1.23 bits per heavy atom. The van der Waals surface area contributed by atoms with Crippen molar-refractivity contribution in [3.8, 4) is 22.3 Å². The average Bonchev–Trinajstić information content (AvgIpc) is 3.49. The summed E-state index contributed by atoms with van der Waals surface area (Å²) in [5, 5.41) is 0. The van der Waals surface area contributed by atoms with Crippen LogP contribution < -0.4 is 0 Å². The van der Waals surface area contributed by atoms with Crippen molar-refractivity contribution in [1.82, 2.24) is 0 Å². The zero-order valence-corrected chi connectivity index (χ0v) is 33.1. The molecular weight excluding hydrogens is 671 g/mol. The molecule has 0 bridgehead atoms. The van der Waals surface area contributed by atoms with Gasteiger partial charge in [-0.15, -0.1) is 24.8 Å². The Morgan fingerprint density at radius 2 is 0.909 bits per heavy atom. The first-order chi connectivity index (χ1) is 19.9. The zero-order valence-electron chi connectivity index (χ0n) is 27.6. The van der Waals surface area contributed by atoms with Gasteiger partial charge in [-0.1, -0.05) is 0 Å². The van der Waals surface area contributed by atoms with Crippen molar-refractivity contribution in [3.05, 3.63) is 129 Å². The monoisotopic (exact) mass is 716 g/mol. The fourth-order valence-corrected chi connectivity index (χ4v) is 29.6. The summed E-state index contributed by atoms with van der Waals surface area (Å²) in [7, 11) is 0. The molecular formula is C40H48Cl2SiZr. The van der Waals surface area contributed by atoms with E-state index in [-0.39, 0.29) is 24.8 Å². The summed E-state index contributed by atoms with van der Waals surface area (Å²) >= 11 is -3.65. The van der Waals surface area contributed by atoms with Crippen LogP contribution in [0.15, 0.2) is 96.1 Å². The zero-order chi connectivity index (χ0) is 30.0. The first-order valence-corrected chi connectivity index (χ1v) is 29.4. The van der Waals surface area contributed by atoms with Gasteiger partial charge in [0, 0.05) is 0 Å². The summed E-state index contributed by atoms with van der Waals surface area (Å²) in [5.74, 6) is 0.979. The molecule has 0 nitrogen and oxygen atoms in total. The van der Waals surface area contributed by atoms with Crippen LogP contribution in [0.1, 0.15) is 94.0 Å². The van der Waals surface area contributed by atoms with Gasteiger partial charge < -0.3 is 0 Å². The normalized spacial score (nSPS) is 17.4. The van der Waals surface area contributed by atoms with Gasteiger partial charge in [-0.25, -0.2) is 0 Å². The summed E-state index contributed by atoms with van der Waals surface area (Å²) in [6.45, 7) is 16.7. The van der Waals surface area contributed by atoms with E-state index in [9.17, 15) is 0 Å². The van der Waals surface area contributed by atoms with E-state index in [0.717, 1.165) is 0 Å². The number of fused-ring (bicyclic) bond motifs is 2. The third-order valence-corrected chi connectivity index (χ3v) is 28.1. The summed E-state index contributed by atoms with van der Waals surface area (Å²) in [4.78, 5) is 0. The number of rotatable bonds is 6. The van der Waals surface area contributed by atoms with Crippen molar-refractivity contribution >= 4 is 43.8 Å². The molecule has 2 unspecified atom stereocenters. The van der Waals surface area contributed by atoms with Gasteiger partial charge >= 0.3 is 258 Å². The van der Waals surface area contributed by atoms with Crippen LogP contribution in [0.3, 0.4) is 0 Å². The maximum absolute atomic E-state index is 3.65. The Balaban J connectivity index is 0.00000221. The number of halogens is 2. The van der Waals surface area contributed by atoms with Gasteiger partial charge in [0.25, 0.3) is 0 Å². The van der Waals surface area contributed by atoms with E-state index < -0.39 is 17.4 Å². The largest absolute Gasteiger partial charge is 0.147 e. The molecule has 0 amide bonds. The fourth-order valence-electron chi connectivity index (χ4n) is 8.37. The maximum atomic E-state index is 2.77. The molecule has 6 rings (SSSR count). The third-order valence-electron chi connectivity index (χ3n) is 10.1. The minimum Gasteiger partial charge on any atom is -0.147 e. The van der Waals surface area contributed by atoms with Gasteiger partial charge in [0.05, 0.1) is 0 Å². The quantitative estimate of drug-likeness (QED) is 0.174. The smallest absolute Gasteiger partial charge is 0.147 e. The topological polar surface area (TPSA) is 0 Å². The van der Waals surface area contributed by atoms with Crippen LogP contribution in [0.5, 0.6) is 0 Å². The number of hydrogen-bond donors (Lipinski definition) is 0. The molecule has 0 aromatic heterocycles. The molecule has 0 N–H and O–H groups in total. The third kappa shape index (κ3) is 5.86. The van der Waals surface area contributed by atoms with Gasteiger partial charge in [0.1, 0.15) is 0 Å². The van der Waals surface area contributed by atoms with Crippen LogP contribution in [0.2, 0.25) is 9.26 Å². The number of hydrogen-bond acceptors (Lipinski definition) is 0. The Morgan fingerprint density at radius 1 is 0.568 bits per heavy atom. The second-order valence-electron chi connectivity index (χ2n) is 14.8. The molecule has 2 aliphatic rings. The molecule has 0 aliphatic heterocycles. The van der Waals surface area contributed by atoms with Crippen LogP contribution in [-0.4, -0.2) is 6.88 Å². The summed E-state index contributed by atoms with van der Waals surface area (Å²) in [5.41, 5.74) is 17.6. The van der Waals surface area contributed by atoms with Crippen molar-refractivity contribution < 1.29 is 17.4 Å². The molecule has 4 heteroatoms. The summed E-state index contributed by atoms with van der Waals surface area (Å²) < 4.78 is 6.57. The Kier molecular flexibility index (Phi) is 10.1. The van der Waals surface area contributed by atoms with Crippen molar-refractivity contribution in [2.75, 3.05) is 0 Å². The molecule has 230 valence electrons. The Bertz CT molecular complexity index is 1700. The summed E-state index contributed by atoms with van der Waals surface area (Å²) in [6.07, 6.45) is 5.10. The summed E-state index contributed by atoms with van der Waals surface area (Å²) in [6, 6.07) is 32.2. The molecule has 0 radical (unpaired) electrons. The van der Waals surface area contributed by atoms with Gasteiger partial charge in [-0.2, -0.15) is 0 Å². The number of benzene rings is 4. The Labute approximate surface area is 280 Å². The molecule has 2 aliphatic carbocycles. The number of allylic oxidation sites excluding steroid dienone is 2. The molecule has 0 saturated heterocycles. The molecule has 0 fully saturated rings. The van der Waals surface area contributed by atoms with Crippen LogP contribution in [0.25, 0.3) is 34.4 Å². The Hall–Kier alpha value is -1.96. The van der Waals surface area contributed by atoms with Gasteiger partial charge in [-0.05, 0) is 0 Å². The SMILES string of the molecule is CC1=Cc2c(-c3ccccc3)cc(C(C)C)cc2[CH]1[Zr]([CH3])([CH3])(=[SiH2])[CH]1C(C)=Cc2c(-c3ccccc3)cc(C(C)C)cc21.Cl.Cl. The van der Waals surface area contributed by atoms with Gasteiger partial charge in [0.15, 0.2) is 0 Å². The minimum atomic E-state index is -3.65. The van der Waals surface area contributed by atoms with Crippen molar-refractivity contribution in [1.29, 1.82) is 0 Å². The first kappa shape index (κ1) is 34.9. The van der Waals surface area contributed by atoms with E-state index in [2.05, 4.69) is 155 Å². The molecule has 0 heterocycles. The molecule has 0 saturated carbocycles. The van der Waals surface area contributed by atoms with Crippen LogP contribution in [-0.2, 0) is 17.4 Å². The molecule has 0 spiro atoms. The minimum absolute atomic E-state index is 0. The second-order valence-corrected chi connectivity index (χ2v) is 45.2. The van der Waals surface area contributed by atoms with E-state index in [0.29, 0.717) is 19.1 Å². The molecule has 4 aromatic rings. The van der Waals surface area contributed by atoms with E-state index >= 15 is 0 Å². The molecule has 4 aromatic carbocycles. The van der Waals surface area contributed by atoms with Crippen molar-refractivity contribution in [2.24, 2.45) is 0 Å². The van der Waals surface area contributed by atoms with Crippen LogP contribution >= 0.6 is 24.8 Å². The molecule has 44 heavy (non-hydrogen) atoms. The fraction of sp³-hybridized carbons (Fsp3) is 0.300. The van der Waals surface area contributed by atoms with Crippen LogP contribution in [0, 0.1) is 0 Å². The van der Waals surface area contributed by atoms with E-state index in [4.69, 9.17) is 0 Å². The van der Waals surface area contributed by atoms with Crippen molar-refractivity contribution in [2.45, 2.75) is 69.9 Å². The van der Waals surface area contributed by atoms with Crippen LogP contribution in [0.4, 0.5) is 0 Å². The van der Waals surface area contributed by atoms with E-state index in [1.807, 2.05) is 0 Å². The predicted molar refractivity (Wildman–Crippen MR) is 199 cm³/mol. The van der Waals surface area contributed by atoms with Crippen molar-refractivity contribution in [3.63, 3.8) is 0 Å². The van der Waals surface area contributed by atoms with Gasteiger partial charge in [0.2, 0.25) is 0 Å². The standard InChI is InChI=1S/2C19H19.2CH3.2ClH.H2Si.Zr/c2*1-13(2)16-11-17-9-14(3)10-18(17)19(12-16)15-7-5-4-6-8-15;;;;;;/h2*4-13H,1-3H3;2*1H3;2*1H;1H2;. The van der Waals surface area contributed by atoms with E-state index in [1.54, 1.807) is 22.3 Å². The first-order valence-electron chi connectivity index (χ1n) is 15.8. The second kappa shape index (κ2) is 12.7. The molecule has 2 atom stereocenters. The van der Waals surface area contributed by atoms with E-state index in [1.165, 1.54) is 44.5 Å². The average molecular weight is 719 g/mol. The van der Waals surface area contributed by atoms with Gasteiger partial charge in [-0.3, -0.25) is 0 Å². The predicted octanol–water partition coefficient (Wildman–Crippen LogP) is 12.1. The maximum Gasteiger partial charge on any atom is -0.147 e.